The normalized spacial score (nSPS) is 10.7. The minimum Gasteiger partial charge on any atom is -0.349 e. The third kappa shape index (κ3) is 3.57. The highest BCUT2D eigenvalue weighted by Gasteiger charge is 2.08. The van der Waals surface area contributed by atoms with Crippen LogP contribution in [0.25, 0.3) is 10.9 Å². The molecule has 0 aliphatic rings. The average Bonchev–Trinajstić information content (AvgIpc) is 2.56. The molecule has 0 spiro atoms. The van der Waals surface area contributed by atoms with Crippen LogP contribution in [0.4, 0.5) is 0 Å². The van der Waals surface area contributed by atoms with Gasteiger partial charge in [-0.2, -0.15) is 0 Å². The van der Waals surface area contributed by atoms with Gasteiger partial charge in [0.25, 0.3) is 0 Å². The number of hydrogen-bond donors (Lipinski definition) is 1. The van der Waals surface area contributed by atoms with E-state index in [-0.39, 0.29) is 17.9 Å². The van der Waals surface area contributed by atoms with Crippen LogP contribution in [0.3, 0.4) is 0 Å². The lowest BCUT2D eigenvalue weighted by Crippen LogP contribution is -2.28. The van der Waals surface area contributed by atoms with E-state index in [1.807, 2.05) is 18.2 Å². The topological polar surface area (TPSA) is 64.0 Å². The Bertz CT molecular complexity index is 907. The van der Waals surface area contributed by atoms with Gasteiger partial charge in [0.05, 0.1) is 17.8 Å². The molecule has 0 saturated carbocycles. The summed E-state index contributed by atoms with van der Waals surface area (Å²) in [6.07, 6.45) is 3.28. The second-order valence-electron chi connectivity index (χ2n) is 5.07. The number of nitrogens with one attached hydrogen (secondary N) is 1. The fourth-order valence-electron chi connectivity index (χ4n) is 2.32. The number of fused-ring (bicyclic) bond motifs is 1. The standard InChI is InChI=1S/C17H14ClN3O2/c18-12-4-5-14-15(9-12)21(8-6-16(14)22)11-17(23)20-10-13-3-1-2-7-19-13/h1-9H,10-11H2,(H,20,23). The van der Waals surface area contributed by atoms with E-state index in [0.717, 1.165) is 5.69 Å². The molecule has 3 aromatic rings. The van der Waals surface area contributed by atoms with Crippen molar-refractivity contribution in [2.75, 3.05) is 0 Å². The van der Waals surface area contributed by atoms with Crippen LogP contribution in [0.15, 0.2) is 59.7 Å². The lowest BCUT2D eigenvalue weighted by Gasteiger charge is -2.11. The molecule has 0 radical (unpaired) electrons. The smallest absolute Gasteiger partial charge is 0.240 e. The summed E-state index contributed by atoms with van der Waals surface area (Å²) in [4.78, 5) is 28.2. The third-order valence-electron chi connectivity index (χ3n) is 3.45. The van der Waals surface area contributed by atoms with Crippen molar-refractivity contribution in [2.24, 2.45) is 0 Å². The summed E-state index contributed by atoms with van der Waals surface area (Å²) in [5, 5.41) is 3.86. The van der Waals surface area contributed by atoms with Gasteiger partial charge >= 0.3 is 0 Å². The van der Waals surface area contributed by atoms with Crippen LogP contribution in [0, 0.1) is 0 Å². The molecule has 1 aromatic carbocycles. The van der Waals surface area contributed by atoms with Gasteiger partial charge in [-0.15, -0.1) is 0 Å². The maximum Gasteiger partial charge on any atom is 0.240 e. The van der Waals surface area contributed by atoms with Gasteiger partial charge < -0.3 is 9.88 Å². The van der Waals surface area contributed by atoms with Gasteiger partial charge in [0.15, 0.2) is 5.43 Å². The van der Waals surface area contributed by atoms with E-state index < -0.39 is 0 Å². The number of benzene rings is 1. The largest absolute Gasteiger partial charge is 0.349 e. The first kappa shape index (κ1) is 15.2. The predicted molar refractivity (Wildman–Crippen MR) is 89.3 cm³/mol. The summed E-state index contributed by atoms with van der Waals surface area (Å²) in [7, 11) is 0. The Morgan fingerprint density at radius 1 is 1.22 bits per heavy atom. The minimum atomic E-state index is -0.166. The first-order valence-electron chi connectivity index (χ1n) is 7.09. The average molecular weight is 328 g/mol. The number of pyridine rings is 2. The molecule has 23 heavy (non-hydrogen) atoms. The fourth-order valence-corrected chi connectivity index (χ4v) is 2.49. The van der Waals surface area contributed by atoms with Crippen molar-refractivity contribution in [1.29, 1.82) is 0 Å². The zero-order chi connectivity index (χ0) is 16.2. The molecule has 5 nitrogen and oxygen atoms in total. The Kier molecular flexibility index (Phi) is 4.39. The molecule has 2 heterocycles. The van der Waals surface area contributed by atoms with Crippen LogP contribution >= 0.6 is 11.6 Å². The summed E-state index contributed by atoms with van der Waals surface area (Å²) >= 11 is 6.00. The van der Waals surface area contributed by atoms with E-state index in [9.17, 15) is 9.59 Å². The van der Waals surface area contributed by atoms with Crippen molar-refractivity contribution in [1.82, 2.24) is 14.9 Å². The number of amides is 1. The summed E-state index contributed by atoms with van der Waals surface area (Å²) in [5.74, 6) is -0.166. The van der Waals surface area contributed by atoms with Crippen LogP contribution in [0.5, 0.6) is 0 Å². The maximum absolute atomic E-state index is 12.1. The molecule has 1 N–H and O–H groups in total. The molecule has 0 bridgehead atoms. The highest BCUT2D eigenvalue weighted by atomic mass is 35.5. The number of rotatable bonds is 4. The van der Waals surface area contributed by atoms with E-state index >= 15 is 0 Å². The Morgan fingerprint density at radius 2 is 2.09 bits per heavy atom. The predicted octanol–water partition coefficient (Wildman–Crippen LogP) is 2.37. The second kappa shape index (κ2) is 6.62. The van der Waals surface area contributed by atoms with Gasteiger partial charge in [-0.3, -0.25) is 14.6 Å². The Balaban J connectivity index is 1.78. The number of carbonyl (C=O) groups is 1. The molecule has 0 atom stereocenters. The lowest BCUT2D eigenvalue weighted by atomic mass is 10.2. The Morgan fingerprint density at radius 3 is 2.87 bits per heavy atom. The van der Waals surface area contributed by atoms with Crippen molar-refractivity contribution in [2.45, 2.75) is 13.1 Å². The van der Waals surface area contributed by atoms with Gasteiger partial charge in [-0.1, -0.05) is 17.7 Å². The van der Waals surface area contributed by atoms with Crippen molar-refractivity contribution in [3.8, 4) is 0 Å². The monoisotopic (exact) mass is 327 g/mol. The molecule has 0 saturated heterocycles. The van der Waals surface area contributed by atoms with Crippen molar-refractivity contribution in [3.63, 3.8) is 0 Å². The van der Waals surface area contributed by atoms with E-state index in [2.05, 4.69) is 10.3 Å². The zero-order valence-electron chi connectivity index (χ0n) is 12.2. The molecule has 3 rings (SSSR count). The second-order valence-corrected chi connectivity index (χ2v) is 5.50. The number of halogens is 1. The summed E-state index contributed by atoms with van der Waals surface area (Å²) in [5.41, 5.74) is 1.33. The Hall–Kier alpha value is -2.66. The van der Waals surface area contributed by atoms with Crippen LogP contribution in [-0.2, 0) is 17.9 Å². The lowest BCUT2D eigenvalue weighted by molar-refractivity contribution is -0.121. The van der Waals surface area contributed by atoms with Crippen molar-refractivity contribution in [3.05, 3.63) is 75.8 Å². The number of nitrogens with zero attached hydrogens (tertiary/aromatic N) is 2. The van der Waals surface area contributed by atoms with Gasteiger partial charge in [-0.05, 0) is 30.3 Å². The van der Waals surface area contributed by atoms with E-state index in [0.29, 0.717) is 22.5 Å². The van der Waals surface area contributed by atoms with Gasteiger partial charge in [-0.25, -0.2) is 0 Å². The van der Waals surface area contributed by atoms with E-state index in [1.54, 1.807) is 35.2 Å². The van der Waals surface area contributed by atoms with Crippen molar-refractivity contribution < 1.29 is 4.79 Å². The van der Waals surface area contributed by atoms with Gasteiger partial charge in [0.1, 0.15) is 6.54 Å². The molecular weight excluding hydrogens is 314 g/mol. The molecule has 6 heteroatoms. The highest BCUT2D eigenvalue weighted by Crippen LogP contribution is 2.16. The molecular formula is C17H14ClN3O2. The first-order valence-corrected chi connectivity index (χ1v) is 7.46. The van der Waals surface area contributed by atoms with Gasteiger partial charge in [0.2, 0.25) is 5.91 Å². The van der Waals surface area contributed by atoms with Crippen LogP contribution in [0.2, 0.25) is 5.02 Å². The number of carbonyl (C=O) groups excluding carboxylic acids is 1. The number of hydrogen-bond acceptors (Lipinski definition) is 3. The molecule has 0 fully saturated rings. The van der Waals surface area contributed by atoms with E-state index in [1.165, 1.54) is 6.07 Å². The van der Waals surface area contributed by atoms with Gasteiger partial charge in [0, 0.05) is 28.9 Å². The first-order chi connectivity index (χ1) is 11.1. The molecule has 0 unspecified atom stereocenters. The summed E-state index contributed by atoms with van der Waals surface area (Å²) in [6.45, 7) is 0.461. The van der Waals surface area contributed by atoms with Crippen LogP contribution in [0.1, 0.15) is 5.69 Å². The maximum atomic E-state index is 12.1. The summed E-state index contributed by atoms with van der Waals surface area (Å²) < 4.78 is 1.70. The van der Waals surface area contributed by atoms with Crippen molar-refractivity contribution >= 4 is 28.4 Å². The Labute approximate surface area is 137 Å². The molecule has 2 aromatic heterocycles. The van der Waals surface area contributed by atoms with Crippen LogP contribution in [-0.4, -0.2) is 15.5 Å². The molecule has 116 valence electrons. The highest BCUT2D eigenvalue weighted by molar-refractivity contribution is 6.31. The fraction of sp³-hybridized carbons (Fsp3) is 0.118. The summed E-state index contributed by atoms with van der Waals surface area (Å²) in [6, 6.07) is 12.0. The SMILES string of the molecule is O=C(Cn1ccc(=O)c2ccc(Cl)cc21)NCc1ccccn1. The van der Waals surface area contributed by atoms with E-state index in [4.69, 9.17) is 11.6 Å². The van der Waals surface area contributed by atoms with Crippen LogP contribution < -0.4 is 10.7 Å². The molecule has 0 aliphatic carbocycles. The minimum absolute atomic E-state index is 0.0955. The molecule has 0 aliphatic heterocycles. The quantitative estimate of drug-likeness (QED) is 0.800. The number of aromatic nitrogens is 2. The zero-order valence-corrected chi connectivity index (χ0v) is 13.0. The molecule has 1 amide bonds. The third-order valence-corrected chi connectivity index (χ3v) is 3.68.